The van der Waals surface area contributed by atoms with Crippen LogP contribution in [0.3, 0.4) is 0 Å². The molecule has 1 heterocycles. The Morgan fingerprint density at radius 2 is 2.06 bits per heavy atom. The molecule has 2 rings (SSSR count). The number of fused-ring (bicyclic) bond motifs is 1. The maximum Gasteiger partial charge on any atom is 0.110 e. The Bertz CT molecular complexity index is 347. The third kappa shape index (κ3) is 3.55. The molecule has 0 aliphatic heterocycles. The molecule has 1 atom stereocenters. The number of nitrogens with zero attached hydrogens (tertiary/aromatic N) is 1. The predicted molar refractivity (Wildman–Crippen MR) is 79.2 cm³/mol. The number of hydrogen-bond donors (Lipinski definition) is 1. The summed E-state index contributed by atoms with van der Waals surface area (Å²) < 4.78 is 0. The minimum absolute atomic E-state index is 0.473. The summed E-state index contributed by atoms with van der Waals surface area (Å²) in [5.74, 6) is 0.722. The molecule has 0 bridgehead atoms. The Morgan fingerprint density at radius 1 is 1.28 bits per heavy atom. The Kier molecular flexibility index (Phi) is 5.19. The van der Waals surface area contributed by atoms with Crippen LogP contribution in [0.15, 0.2) is 0 Å². The van der Waals surface area contributed by atoms with E-state index in [0.29, 0.717) is 6.04 Å². The van der Waals surface area contributed by atoms with Crippen molar-refractivity contribution < 1.29 is 0 Å². The molecule has 0 saturated heterocycles. The molecule has 1 N–H and O–H groups in total. The van der Waals surface area contributed by atoms with Gasteiger partial charge in [0, 0.05) is 4.88 Å². The number of hydrogen-bond acceptors (Lipinski definition) is 3. The van der Waals surface area contributed by atoms with Crippen LogP contribution < -0.4 is 5.32 Å². The molecule has 1 aliphatic rings. The molecule has 0 radical (unpaired) electrons. The third-order valence-corrected chi connectivity index (χ3v) is 4.78. The second kappa shape index (κ2) is 6.67. The zero-order chi connectivity index (χ0) is 13.0. The van der Waals surface area contributed by atoms with E-state index in [1.807, 2.05) is 11.3 Å². The van der Waals surface area contributed by atoms with Gasteiger partial charge >= 0.3 is 0 Å². The van der Waals surface area contributed by atoms with Crippen LogP contribution in [0.25, 0.3) is 0 Å². The van der Waals surface area contributed by atoms with Gasteiger partial charge in [-0.3, -0.25) is 0 Å². The first-order valence-electron chi connectivity index (χ1n) is 7.42. The maximum absolute atomic E-state index is 4.91. The van der Waals surface area contributed by atoms with E-state index in [4.69, 9.17) is 4.98 Å². The minimum Gasteiger partial charge on any atom is -0.308 e. The molecule has 0 saturated carbocycles. The fourth-order valence-electron chi connectivity index (χ4n) is 2.58. The van der Waals surface area contributed by atoms with E-state index in [1.54, 1.807) is 4.88 Å². The van der Waals surface area contributed by atoms with Crippen LogP contribution in [0, 0.1) is 5.92 Å². The summed E-state index contributed by atoms with van der Waals surface area (Å²) in [6, 6.07) is 0.473. The van der Waals surface area contributed by atoms with Gasteiger partial charge in [-0.25, -0.2) is 4.98 Å². The third-order valence-electron chi connectivity index (χ3n) is 3.51. The topological polar surface area (TPSA) is 24.9 Å². The van der Waals surface area contributed by atoms with Gasteiger partial charge in [-0.15, -0.1) is 11.3 Å². The van der Waals surface area contributed by atoms with Crippen LogP contribution >= 0.6 is 11.3 Å². The highest BCUT2D eigenvalue weighted by molar-refractivity contribution is 7.11. The Labute approximate surface area is 115 Å². The van der Waals surface area contributed by atoms with Gasteiger partial charge in [0.05, 0.1) is 11.7 Å². The van der Waals surface area contributed by atoms with Gasteiger partial charge < -0.3 is 5.32 Å². The van der Waals surface area contributed by atoms with Crippen LogP contribution in [-0.2, 0) is 12.8 Å². The summed E-state index contributed by atoms with van der Waals surface area (Å²) in [4.78, 5) is 6.47. The molecule has 102 valence electrons. The van der Waals surface area contributed by atoms with E-state index in [0.717, 1.165) is 12.5 Å². The van der Waals surface area contributed by atoms with Crippen molar-refractivity contribution in [3.63, 3.8) is 0 Å². The smallest absolute Gasteiger partial charge is 0.110 e. The SMILES string of the molecule is CCCNC(CC(C)C)c1nc2c(s1)CCCC2. The summed E-state index contributed by atoms with van der Waals surface area (Å²) in [5, 5.41) is 5.01. The summed E-state index contributed by atoms with van der Waals surface area (Å²) in [5.41, 5.74) is 1.40. The summed E-state index contributed by atoms with van der Waals surface area (Å²) >= 11 is 1.96. The van der Waals surface area contributed by atoms with E-state index in [1.165, 1.54) is 49.2 Å². The highest BCUT2D eigenvalue weighted by atomic mass is 32.1. The standard InChI is InChI=1S/C15H26N2S/c1-4-9-16-13(10-11(2)3)15-17-12-7-5-6-8-14(12)18-15/h11,13,16H,4-10H2,1-3H3. The highest BCUT2D eigenvalue weighted by Crippen LogP contribution is 2.32. The lowest BCUT2D eigenvalue weighted by molar-refractivity contribution is 0.428. The molecule has 3 heteroatoms. The molecule has 2 nitrogen and oxygen atoms in total. The molecule has 18 heavy (non-hydrogen) atoms. The van der Waals surface area contributed by atoms with Gasteiger partial charge in [-0.1, -0.05) is 20.8 Å². The Balaban J connectivity index is 2.10. The number of nitrogens with one attached hydrogen (secondary N) is 1. The largest absolute Gasteiger partial charge is 0.308 e. The van der Waals surface area contributed by atoms with E-state index < -0.39 is 0 Å². The number of rotatable bonds is 6. The first-order valence-corrected chi connectivity index (χ1v) is 8.24. The lowest BCUT2D eigenvalue weighted by atomic mass is 10.0. The molecule has 0 aromatic carbocycles. The minimum atomic E-state index is 0.473. The van der Waals surface area contributed by atoms with Gasteiger partial charge in [0.15, 0.2) is 0 Å². The molecule has 0 fully saturated rings. The predicted octanol–water partition coefficient (Wildman–Crippen LogP) is 4.11. The Hall–Kier alpha value is -0.410. The zero-order valence-corrected chi connectivity index (χ0v) is 12.8. The van der Waals surface area contributed by atoms with Crippen molar-refractivity contribution in [2.75, 3.05) is 6.54 Å². The Morgan fingerprint density at radius 3 is 2.72 bits per heavy atom. The molecular weight excluding hydrogens is 240 g/mol. The quantitative estimate of drug-likeness (QED) is 0.838. The number of aromatic nitrogens is 1. The molecular formula is C15H26N2S. The normalized spacial score (nSPS) is 16.9. The monoisotopic (exact) mass is 266 g/mol. The molecule has 1 unspecified atom stereocenters. The maximum atomic E-state index is 4.91. The highest BCUT2D eigenvalue weighted by Gasteiger charge is 2.21. The molecule has 0 spiro atoms. The average Bonchev–Trinajstić information content (AvgIpc) is 2.77. The van der Waals surface area contributed by atoms with Crippen LogP contribution in [0.2, 0.25) is 0 Å². The fraction of sp³-hybridized carbons (Fsp3) is 0.800. The van der Waals surface area contributed by atoms with Crippen molar-refractivity contribution in [2.45, 2.75) is 65.3 Å². The van der Waals surface area contributed by atoms with E-state index >= 15 is 0 Å². The van der Waals surface area contributed by atoms with Gasteiger partial charge in [0.1, 0.15) is 5.01 Å². The van der Waals surface area contributed by atoms with Crippen LogP contribution in [0.4, 0.5) is 0 Å². The molecule has 1 aromatic heterocycles. The molecule has 0 amide bonds. The zero-order valence-electron chi connectivity index (χ0n) is 12.0. The second-order valence-corrected chi connectivity index (χ2v) is 6.88. The van der Waals surface area contributed by atoms with Crippen LogP contribution in [0.5, 0.6) is 0 Å². The van der Waals surface area contributed by atoms with Crippen molar-refractivity contribution in [2.24, 2.45) is 5.92 Å². The lowest BCUT2D eigenvalue weighted by Gasteiger charge is -2.18. The van der Waals surface area contributed by atoms with E-state index in [-0.39, 0.29) is 0 Å². The van der Waals surface area contributed by atoms with Crippen molar-refractivity contribution >= 4 is 11.3 Å². The lowest BCUT2D eigenvalue weighted by Crippen LogP contribution is -2.23. The second-order valence-electron chi connectivity index (χ2n) is 5.77. The fourth-order valence-corrected chi connectivity index (χ4v) is 3.82. The van der Waals surface area contributed by atoms with E-state index in [9.17, 15) is 0 Å². The summed E-state index contributed by atoms with van der Waals surface area (Å²) in [6.45, 7) is 7.93. The number of aryl methyl sites for hydroxylation is 2. The van der Waals surface area contributed by atoms with Gasteiger partial charge in [0.25, 0.3) is 0 Å². The van der Waals surface area contributed by atoms with Crippen LogP contribution in [-0.4, -0.2) is 11.5 Å². The van der Waals surface area contributed by atoms with E-state index in [2.05, 4.69) is 26.1 Å². The first-order chi connectivity index (χ1) is 8.70. The van der Waals surface area contributed by atoms with Crippen molar-refractivity contribution in [3.05, 3.63) is 15.6 Å². The number of thiazole rings is 1. The van der Waals surface area contributed by atoms with Crippen LogP contribution in [0.1, 0.15) is 68.1 Å². The average molecular weight is 266 g/mol. The summed E-state index contributed by atoms with van der Waals surface area (Å²) in [7, 11) is 0. The van der Waals surface area contributed by atoms with Crippen molar-refractivity contribution in [3.8, 4) is 0 Å². The van der Waals surface area contributed by atoms with Crippen molar-refractivity contribution in [1.82, 2.24) is 10.3 Å². The van der Waals surface area contributed by atoms with Gasteiger partial charge in [0.2, 0.25) is 0 Å². The van der Waals surface area contributed by atoms with Gasteiger partial charge in [-0.2, -0.15) is 0 Å². The molecule has 1 aromatic rings. The van der Waals surface area contributed by atoms with Gasteiger partial charge in [-0.05, 0) is 51.0 Å². The van der Waals surface area contributed by atoms with Crippen molar-refractivity contribution in [1.29, 1.82) is 0 Å². The first kappa shape index (κ1) is 14.0. The summed E-state index contributed by atoms with van der Waals surface area (Å²) in [6.07, 6.45) is 7.54. The molecule has 1 aliphatic carbocycles.